The van der Waals surface area contributed by atoms with Crippen LogP contribution >= 0.6 is 24.0 Å². The molecule has 0 bridgehead atoms. The van der Waals surface area contributed by atoms with Crippen LogP contribution in [0.15, 0.2) is 59.6 Å². The minimum atomic E-state index is 0. The molecular weight excluding hydrogens is 525 g/mol. The van der Waals surface area contributed by atoms with Crippen molar-refractivity contribution >= 4 is 35.8 Å². The summed E-state index contributed by atoms with van der Waals surface area (Å²) < 4.78 is 0. The first-order valence-electron chi connectivity index (χ1n) is 11.8. The molecule has 2 aliphatic heterocycles. The molecule has 2 heterocycles. The van der Waals surface area contributed by atoms with E-state index in [2.05, 4.69) is 63.0 Å². The van der Waals surface area contributed by atoms with Crippen LogP contribution in [-0.2, 0) is 17.9 Å². The molecule has 1 saturated heterocycles. The first-order chi connectivity index (χ1) is 15.7. The van der Waals surface area contributed by atoms with E-state index in [1.165, 1.54) is 29.5 Å². The van der Waals surface area contributed by atoms with Crippen molar-refractivity contribution in [1.29, 1.82) is 0 Å². The van der Waals surface area contributed by atoms with Gasteiger partial charge in [-0.2, -0.15) is 0 Å². The number of aliphatic imine (C=N–C) groups is 1. The summed E-state index contributed by atoms with van der Waals surface area (Å²) in [4.78, 5) is 21.5. The van der Waals surface area contributed by atoms with Gasteiger partial charge in [0.05, 0.1) is 6.04 Å². The smallest absolute Gasteiger partial charge is 0.223 e. The van der Waals surface area contributed by atoms with Crippen molar-refractivity contribution < 1.29 is 4.79 Å². The monoisotopic (exact) mass is 561 g/mol. The van der Waals surface area contributed by atoms with Crippen molar-refractivity contribution in [3.63, 3.8) is 0 Å². The van der Waals surface area contributed by atoms with Crippen LogP contribution in [0.4, 0.5) is 0 Å². The summed E-state index contributed by atoms with van der Waals surface area (Å²) in [7, 11) is 1.80. The Kier molecular flexibility index (Phi) is 9.99. The van der Waals surface area contributed by atoms with Crippen LogP contribution in [0.3, 0.4) is 0 Å². The van der Waals surface area contributed by atoms with E-state index in [0.29, 0.717) is 12.5 Å². The van der Waals surface area contributed by atoms with Crippen LogP contribution in [0.25, 0.3) is 0 Å². The number of hydrogen-bond acceptors (Lipinski definition) is 3. The molecule has 0 aliphatic carbocycles. The number of carbonyl (C=O) groups is 1. The second-order valence-electron chi connectivity index (χ2n) is 8.67. The number of amides is 1. The Hall–Kier alpha value is -2.13. The van der Waals surface area contributed by atoms with Crippen LogP contribution in [-0.4, -0.2) is 54.9 Å². The van der Waals surface area contributed by atoms with Gasteiger partial charge in [-0.15, -0.1) is 24.0 Å². The number of likely N-dealkylation sites (tertiary alicyclic amines) is 1. The van der Waals surface area contributed by atoms with Crippen molar-refractivity contribution in [2.45, 2.75) is 44.8 Å². The molecule has 1 atom stereocenters. The molecule has 4 rings (SSSR count). The van der Waals surface area contributed by atoms with Crippen molar-refractivity contribution in [2.75, 3.05) is 33.2 Å². The van der Waals surface area contributed by atoms with Gasteiger partial charge in [0.15, 0.2) is 5.96 Å². The Morgan fingerprint density at radius 3 is 2.24 bits per heavy atom. The topological polar surface area (TPSA) is 60.0 Å². The zero-order chi connectivity index (χ0) is 22.2. The lowest BCUT2D eigenvalue weighted by molar-refractivity contribution is -0.131. The highest BCUT2D eigenvalue weighted by Gasteiger charge is 2.24. The molecule has 1 amide bonds. The number of halogens is 1. The van der Waals surface area contributed by atoms with Crippen molar-refractivity contribution in [3.8, 4) is 0 Å². The van der Waals surface area contributed by atoms with E-state index >= 15 is 0 Å². The molecule has 2 aromatic rings. The van der Waals surface area contributed by atoms with Gasteiger partial charge in [0.2, 0.25) is 5.91 Å². The Morgan fingerprint density at radius 2 is 1.61 bits per heavy atom. The maximum atomic E-state index is 12.6. The Bertz CT molecular complexity index is 889. The highest BCUT2D eigenvalue weighted by Crippen LogP contribution is 2.24. The first kappa shape index (κ1) is 25.5. The minimum absolute atomic E-state index is 0. The molecule has 2 N–H and O–H groups in total. The predicted molar refractivity (Wildman–Crippen MR) is 145 cm³/mol. The molecule has 1 fully saturated rings. The van der Waals surface area contributed by atoms with Crippen LogP contribution in [0.1, 0.15) is 48.4 Å². The number of nitrogens with one attached hydrogen (secondary N) is 2. The second-order valence-corrected chi connectivity index (χ2v) is 8.67. The molecule has 6 nitrogen and oxygen atoms in total. The maximum absolute atomic E-state index is 12.6. The maximum Gasteiger partial charge on any atom is 0.223 e. The third kappa shape index (κ3) is 6.93. The molecule has 178 valence electrons. The lowest BCUT2D eigenvalue weighted by Crippen LogP contribution is -2.43. The van der Waals surface area contributed by atoms with Crippen LogP contribution < -0.4 is 10.6 Å². The fraction of sp³-hybridized carbons (Fsp3) is 0.462. The number of nitrogens with zero attached hydrogens (tertiary/aromatic N) is 3. The first-order valence-corrected chi connectivity index (χ1v) is 11.8. The van der Waals surface area contributed by atoms with Crippen LogP contribution in [0.5, 0.6) is 0 Å². The van der Waals surface area contributed by atoms with Gasteiger partial charge in [-0.3, -0.25) is 14.7 Å². The molecule has 0 saturated carbocycles. The Morgan fingerprint density at radius 1 is 0.970 bits per heavy atom. The van der Waals surface area contributed by atoms with Gasteiger partial charge in [-0.25, -0.2) is 0 Å². The van der Waals surface area contributed by atoms with E-state index in [4.69, 9.17) is 0 Å². The zero-order valence-corrected chi connectivity index (χ0v) is 21.8. The minimum Gasteiger partial charge on any atom is -0.356 e. The summed E-state index contributed by atoms with van der Waals surface area (Å²) in [6.07, 6.45) is 3.89. The molecule has 0 radical (unpaired) electrons. The fourth-order valence-corrected chi connectivity index (χ4v) is 4.71. The van der Waals surface area contributed by atoms with Crippen molar-refractivity contribution in [3.05, 3.63) is 71.3 Å². The summed E-state index contributed by atoms with van der Waals surface area (Å²) in [6, 6.07) is 19.4. The molecular formula is C26H36IN5O. The van der Waals surface area contributed by atoms with Gasteiger partial charge in [0, 0.05) is 39.6 Å². The van der Waals surface area contributed by atoms with Gasteiger partial charge < -0.3 is 15.5 Å². The average Bonchev–Trinajstić information content (AvgIpc) is 3.51. The molecule has 2 aliphatic rings. The molecule has 0 spiro atoms. The van der Waals surface area contributed by atoms with E-state index in [-0.39, 0.29) is 29.9 Å². The number of guanidine groups is 1. The average molecular weight is 562 g/mol. The van der Waals surface area contributed by atoms with E-state index in [9.17, 15) is 4.79 Å². The van der Waals surface area contributed by atoms with E-state index in [0.717, 1.165) is 51.6 Å². The van der Waals surface area contributed by atoms with Gasteiger partial charge in [0.1, 0.15) is 0 Å². The predicted octanol–water partition coefficient (Wildman–Crippen LogP) is 3.93. The summed E-state index contributed by atoms with van der Waals surface area (Å²) in [5, 5.41) is 6.88. The fourth-order valence-electron chi connectivity index (χ4n) is 4.71. The summed E-state index contributed by atoms with van der Waals surface area (Å²) in [5.41, 5.74) is 3.89. The van der Waals surface area contributed by atoms with Crippen LogP contribution in [0.2, 0.25) is 0 Å². The molecule has 7 heteroatoms. The van der Waals surface area contributed by atoms with Crippen molar-refractivity contribution in [2.24, 2.45) is 4.99 Å². The third-order valence-corrected chi connectivity index (χ3v) is 6.51. The Labute approximate surface area is 214 Å². The lowest BCUT2D eigenvalue weighted by atomic mass is 10.1. The summed E-state index contributed by atoms with van der Waals surface area (Å²) in [5.74, 6) is 1.02. The molecule has 2 aromatic carbocycles. The highest BCUT2D eigenvalue weighted by molar-refractivity contribution is 14.0. The van der Waals surface area contributed by atoms with Gasteiger partial charge in [0.25, 0.3) is 0 Å². The molecule has 1 unspecified atom stereocenters. The number of carbonyl (C=O) groups excluding carboxylic acids is 1. The number of hydrogen-bond donors (Lipinski definition) is 2. The summed E-state index contributed by atoms with van der Waals surface area (Å²) >= 11 is 0. The molecule has 33 heavy (non-hydrogen) atoms. The van der Waals surface area contributed by atoms with Crippen molar-refractivity contribution in [1.82, 2.24) is 20.4 Å². The SMILES string of the molecule is CN=C(NCCCC(=O)N1Cc2ccccc2C1)NCC(c1ccccc1)N1CCCC1.I. The third-order valence-electron chi connectivity index (χ3n) is 6.51. The number of rotatable bonds is 8. The van der Waals surface area contributed by atoms with Gasteiger partial charge in [-0.05, 0) is 49.0 Å². The largest absolute Gasteiger partial charge is 0.356 e. The van der Waals surface area contributed by atoms with E-state index in [1.54, 1.807) is 7.05 Å². The molecule has 0 aromatic heterocycles. The standard InChI is InChI=1S/C26H35N5O.HI/c1-27-26(29-18-24(30-16-7-8-17-30)21-10-3-2-4-11-21)28-15-9-14-25(32)31-19-22-12-5-6-13-23(22)20-31;/h2-6,10-13,24H,7-9,14-20H2,1H3,(H2,27,28,29);1H. The summed E-state index contributed by atoms with van der Waals surface area (Å²) in [6.45, 7) is 5.32. The number of fused-ring (bicyclic) bond motifs is 1. The highest BCUT2D eigenvalue weighted by atomic mass is 127. The normalized spacial score (nSPS) is 16.8. The van der Waals surface area contributed by atoms with E-state index < -0.39 is 0 Å². The lowest BCUT2D eigenvalue weighted by Gasteiger charge is -2.29. The zero-order valence-electron chi connectivity index (χ0n) is 19.5. The van der Waals surface area contributed by atoms with Gasteiger partial charge >= 0.3 is 0 Å². The second kappa shape index (κ2) is 12.9. The van der Waals surface area contributed by atoms with E-state index in [1.807, 2.05) is 17.0 Å². The quantitative estimate of drug-likeness (QED) is 0.222. The Balaban J connectivity index is 0.00000306. The van der Waals surface area contributed by atoms with Gasteiger partial charge in [-0.1, -0.05) is 54.6 Å². The number of benzene rings is 2. The van der Waals surface area contributed by atoms with Crippen LogP contribution in [0, 0.1) is 0 Å².